The molecule has 0 aliphatic rings. The van der Waals surface area contributed by atoms with E-state index < -0.39 is 15.8 Å². The molecule has 0 saturated carbocycles. The summed E-state index contributed by atoms with van der Waals surface area (Å²) in [4.78, 5) is 12.0. The highest BCUT2D eigenvalue weighted by molar-refractivity contribution is 7.90. The monoisotopic (exact) mass is 223 g/mol. The van der Waals surface area contributed by atoms with Gasteiger partial charge in [0.15, 0.2) is 0 Å². The Hall–Kier alpha value is -0.620. The molecular formula is C8H17NO4S. The molecule has 0 amide bonds. The Morgan fingerprint density at radius 3 is 2.36 bits per heavy atom. The minimum atomic E-state index is -2.89. The van der Waals surface area contributed by atoms with Crippen molar-refractivity contribution in [3.63, 3.8) is 0 Å². The number of carboxylic acid groups (broad SMARTS) is 1. The SMILES string of the molecule is CN(CCCS(C)(=O)=O)CCC(=O)O. The molecule has 14 heavy (non-hydrogen) atoms. The number of rotatable bonds is 7. The van der Waals surface area contributed by atoms with E-state index in [0.29, 0.717) is 19.5 Å². The van der Waals surface area contributed by atoms with Gasteiger partial charge in [0.25, 0.3) is 0 Å². The van der Waals surface area contributed by atoms with Gasteiger partial charge in [0.1, 0.15) is 9.84 Å². The quantitative estimate of drug-likeness (QED) is 0.648. The fraction of sp³-hybridized carbons (Fsp3) is 0.875. The van der Waals surface area contributed by atoms with Crippen molar-refractivity contribution >= 4 is 15.8 Å². The van der Waals surface area contributed by atoms with Crippen molar-refractivity contribution in [1.29, 1.82) is 0 Å². The first-order valence-electron chi connectivity index (χ1n) is 4.39. The number of carbonyl (C=O) groups is 1. The van der Waals surface area contributed by atoms with E-state index in [0.717, 1.165) is 0 Å². The maximum atomic E-state index is 10.8. The smallest absolute Gasteiger partial charge is 0.304 e. The summed E-state index contributed by atoms with van der Waals surface area (Å²) in [6.45, 7) is 1.07. The maximum Gasteiger partial charge on any atom is 0.304 e. The predicted octanol–water partition coefficient (Wildman–Crippen LogP) is -0.172. The van der Waals surface area contributed by atoms with Crippen LogP contribution in [-0.2, 0) is 14.6 Å². The molecule has 0 bridgehead atoms. The minimum Gasteiger partial charge on any atom is -0.481 e. The average molecular weight is 223 g/mol. The van der Waals surface area contributed by atoms with E-state index in [1.54, 1.807) is 7.05 Å². The van der Waals surface area contributed by atoms with Gasteiger partial charge in [-0.3, -0.25) is 4.79 Å². The number of hydrogen-bond acceptors (Lipinski definition) is 4. The summed E-state index contributed by atoms with van der Waals surface area (Å²) < 4.78 is 21.5. The molecule has 0 aromatic rings. The van der Waals surface area contributed by atoms with Crippen LogP contribution in [0.25, 0.3) is 0 Å². The zero-order chi connectivity index (χ0) is 11.2. The van der Waals surface area contributed by atoms with Crippen LogP contribution in [-0.4, -0.2) is 56.5 Å². The van der Waals surface area contributed by atoms with Gasteiger partial charge in [-0.05, 0) is 20.0 Å². The Morgan fingerprint density at radius 1 is 1.36 bits per heavy atom. The molecule has 1 N–H and O–H groups in total. The largest absolute Gasteiger partial charge is 0.481 e. The second kappa shape index (κ2) is 5.98. The number of aliphatic carboxylic acids is 1. The van der Waals surface area contributed by atoms with Crippen molar-refractivity contribution in [2.24, 2.45) is 0 Å². The summed E-state index contributed by atoms with van der Waals surface area (Å²) in [6.07, 6.45) is 1.84. The van der Waals surface area contributed by atoms with Crippen LogP contribution in [0.5, 0.6) is 0 Å². The molecule has 0 aliphatic carbocycles. The molecule has 0 rings (SSSR count). The van der Waals surface area contributed by atoms with Crippen molar-refractivity contribution in [2.75, 3.05) is 32.1 Å². The lowest BCUT2D eigenvalue weighted by molar-refractivity contribution is -0.137. The lowest BCUT2D eigenvalue weighted by Crippen LogP contribution is -2.24. The van der Waals surface area contributed by atoms with Crippen LogP contribution in [0.2, 0.25) is 0 Å². The Labute approximate surface area is 84.6 Å². The summed E-state index contributed by atoms with van der Waals surface area (Å²) in [5.74, 6) is -0.676. The molecule has 0 aromatic carbocycles. The number of hydrogen-bond donors (Lipinski definition) is 1. The van der Waals surface area contributed by atoms with E-state index in [2.05, 4.69) is 0 Å². The summed E-state index contributed by atoms with van der Waals surface area (Å²) in [6, 6.07) is 0. The molecule has 0 aliphatic heterocycles. The van der Waals surface area contributed by atoms with Gasteiger partial charge in [-0.25, -0.2) is 8.42 Å². The first-order valence-corrected chi connectivity index (χ1v) is 6.45. The van der Waals surface area contributed by atoms with E-state index >= 15 is 0 Å². The first-order chi connectivity index (χ1) is 6.31. The minimum absolute atomic E-state index is 0.0926. The van der Waals surface area contributed by atoms with Gasteiger partial charge in [0.05, 0.1) is 12.2 Å². The lowest BCUT2D eigenvalue weighted by atomic mass is 10.3. The van der Waals surface area contributed by atoms with Crippen molar-refractivity contribution in [2.45, 2.75) is 12.8 Å². The van der Waals surface area contributed by atoms with Crippen LogP contribution >= 0.6 is 0 Å². The standard InChI is InChI=1S/C8H17NO4S/c1-9(6-4-8(10)11)5-3-7-14(2,12)13/h3-7H2,1-2H3,(H,10,11). The van der Waals surface area contributed by atoms with Gasteiger partial charge in [0.2, 0.25) is 0 Å². The number of carboxylic acids is 1. The Morgan fingerprint density at radius 2 is 1.93 bits per heavy atom. The Balaban J connectivity index is 3.54. The fourth-order valence-electron chi connectivity index (χ4n) is 0.995. The normalized spacial score (nSPS) is 11.9. The Kier molecular flexibility index (Phi) is 5.71. The van der Waals surface area contributed by atoms with Crippen LogP contribution < -0.4 is 0 Å². The van der Waals surface area contributed by atoms with E-state index in [-0.39, 0.29) is 12.2 Å². The predicted molar refractivity (Wildman–Crippen MR) is 54.1 cm³/mol. The molecule has 0 atom stereocenters. The van der Waals surface area contributed by atoms with E-state index in [4.69, 9.17) is 5.11 Å². The molecule has 5 nitrogen and oxygen atoms in total. The van der Waals surface area contributed by atoms with Crippen molar-refractivity contribution in [3.8, 4) is 0 Å². The molecule has 0 spiro atoms. The highest BCUT2D eigenvalue weighted by atomic mass is 32.2. The maximum absolute atomic E-state index is 10.8. The molecule has 6 heteroatoms. The molecule has 0 unspecified atom stereocenters. The average Bonchev–Trinajstić information content (AvgIpc) is 1.98. The second-order valence-corrected chi connectivity index (χ2v) is 5.69. The summed E-state index contributed by atoms with van der Waals surface area (Å²) in [5, 5.41) is 8.39. The van der Waals surface area contributed by atoms with Gasteiger partial charge >= 0.3 is 5.97 Å². The zero-order valence-electron chi connectivity index (χ0n) is 8.56. The topological polar surface area (TPSA) is 74.7 Å². The highest BCUT2D eigenvalue weighted by Crippen LogP contribution is 1.93. The van der Waals surface area contributed by atoms with Gasteiger partial charge in [0, 0.05) is 12.8 Å². The first kappa shape index (κ1) is 13.4. The van der Waals surface area contributed by atoms with Crippen molar-refractivity contribution in [1.82, 2.24) is 4.90 Å². The van der Waals surface area contributed by atoms with Crippen molar-refractivity contribution < 1.29 is 18.3 Å². The van der Waals surface area contributed by atoms with Crippen molar-refractivity contribution in [3.05, 3.63) is 0 Å². The van der Waals surface area contributed by atoms with Crippen LogP contribution in [0.4, 0.5) is 0 Å². The highest BCUT2D eigenvalue weighted by Gasteiger charge is 2.05. The molecule has 0 fully saturated rings. The summed E-state index contributed by atoms with van der Waals surface area (Å²) >= 11 is 0. The zero-order valence-corrected chi connectivity index (χ0v) is 9.38. The molecule has 0 saturated heterocycles. The van der Waals surface area contributed by atoms with Crippen LogP contribution in [0.1, 0.15) is 12.8 Å². The van der Waals surface area contributed by atoms with Crippen LogP contribution in [0.15, 0.2) is 0 Å². The van der Waals surface area contributed by atoms with E-state index in [9.17, 15) is 13.2 Å². The third-order valence-electron chi connectivity index (χ3n) is 1.76. The van der Waals surface area contributed by atoms with Crippen LogP contribution in [0, 0.1) is 0 Å². The molecule has 0 heterocycles. The number of sulfone groups is 1. The van der Waals surface area contributed by atoms with E-state index in [1.165, 1.54) is 6.26 Å². The molecule has 0 aromatic heterocycles. The second-order valence-electron chi connectivity index (χ2n) is 3.43. The summed E-state index contributed by atoms with van der Waals surface area (Å²) in [7, 11) is -1.11. The molecule has 84 valence electrons. The lowest BCUT2D eigenvalue weighted by Gasteiger charge is -2.14. The molecular weight excluding hydrogens is 206 g/mol. The van der Waals surface area contributed by atoms with Gasteiger partial charge in [-0.2, -0.15) is 0 Å². The van der Waals surface area contributed by atoms with E-state index in [1.807, 2.05) is 4.90 Å². The third kappa shape index (κ3) is 9.47. The van der Waals surface area contributed by atoms with Crippen LogP contribution in [0.3, 0.4) is 0 Å². The summed E-state index contributed by atoms with van der Waals surface area (Å²) in [5.41, 5.74) is 0. The van der Waals surface area contributed by atoms with Gasteiger partial charge in [-0.15, -0.1) is 0 Å². The Bertz CT molecular complexity index is 273. The fourth-order valence-corrected chi connectivity index (χ4v) is 1.65. The third-order valence-corrected chi connectivity index (χ3v) is 2.79. The van der Waals surface area contributed by atoms with Gasteiger partial charge < -0.3 is 10.0 Å². The number of nitrogens with zero attached hydrogens (tertiary/aromatic N) is 1. The molecule has 0 radical (unpaired) electrons. The van der Waals surface area contributed by atoms with Gasteiger partial charge in [-0.1, -0.05) is 0 Å².